The fourth-order valence-corrected chi connectivity index (χ4v) is 2.20. The van der Waals surface area contributed by atoms with Crippen LogP contribution in [0.3, 0.4) is 0 Å². The molecule has 0 spiro atoms. The first-order valence-corrected chi connectivity index (χ1v) is 5.32. The molecule has 0 saturated heterocycles. The highest BCUT2D eigenvalue weighted by Crippen LogP contribution is 2.25. The summed E-state index contributed by atoms with van der Waals surface area (Å²) in [6, 6.07) is 6.43. The molecule has 0 saturated carbocycles. The van der Waals surface area contributed by atoms with Crippen molar-refractivity contribution in [1.29, 1.82) is 0 Å². The van der Waals surface area contributed by atoms with Crippen molar-refractivity contribution in [3.05, 3.63) is 34.9 Å². The Kier molecular flexibility index (Phi) is 2.40. The van der Waals surface area contributed by atoms with Crippen LogP contribution < -0.4 is 0 Å². The second-order valence-corrected chi connectivity index (χ2v) is 4.22. The van der Waals surface area contributed by atoms with Gasteiger partial charge in [-0.05, 0) is 30.9 Å². The molecule has 0 fully saturated rings. The lowest BCUT2D eigenvalue weighted by Gasteiger charge is -2.22. The molecular weight excluding hydrogens is 172 g/mol. The van der Waals surface area contributed by atoms with Gasteiger partial charge in [-0.1, -0.05) is 30.7 Å². The summed E-state index contributed by atoms with van der Waals surface area (Å²) in [5, 5.41) is 0. The molecule has 0 amide bonds. The van der Waals surface area contributed by atoms with Crippen LogP contribution in [0.2, 0.25) is 0 Å². The number of hydrogen-bond donors (Lipinski definition) is 0. The number of benzene rings is 1. The van der Waals surface area contributed by atoms with E-state index in [1.165, 1.54) is 16.7 Å². The molecule has 0 radical (unpaired) electrons. The predicted octanol–water partition coefficient (Wildman–Crippen LogP) is 2.69. The summed E-state index contributed by atoms with van der Waals surface area (Å²) in [4.78, 5) is 11.7. The maximum Gasteiger partial charge on any atom is 0.140 e. The van der Waals surface area contributed by atoms with E-state index in [9.17, 15) is 4.79 Å². The molecular formula is C13H16O. The fourth-order valence-electron chi connectivity index (χ4n) is 2.20. The van der Waals surface area contributed by atoms with Crippen LogP contribution >= 0.6 is 0 Å². The molecule has 2 rings (SSSR count). The van der Waals surface area contributed by atoms with Crippen LogP contribution in [0.4, 0.5) is 0 Å². The molecule has 1 aliphatic rings. The van der Waals surface area contributed by atoms with Gasteiger partial charge in [0.2, 0.25) is 0 Å². The highest BCUT2D eigenvalue weighted by molar-refractivity contribution is 5.85. The van der Waals surface area contributed by atoms with Gasteiger partial charge in [-0.2, -0.15) is 0 Å². The van der Waals surface area contributed by atoms with Crippen LogP contribution in [0, 0.1) is 12.8 Å². The minimum Gasteiger partial charge on any atom is -0.299 e. The Bertz CT molecular complexity index is 365. The maximum atomic E-state index is 11.7. The second-order valence-electron chi connectivity index (χ2n) is 4.22. The van der Waals surface area contributed by atoms with Gasteiger partial charge in [-0.3, -0.25) is 4.79 Å². The van der Waals surface area contributed by atoms with Gasteiger partial charge in [0, 0.05) is 12.3 Å². The molecule has 1 aromatic rings. The Morgan fingerprint density at radius 3 is 2.86 bits per heavy atom. The topological polar surface area (TPSA) is 17.1 Å². The van der Waals surface area contributed by atoms with Crippen molar-refractivity contribution in [2.45, 2.75) is 33.1 Å². The van der Waals surface area contributed by atoms with Crippen molar-refractivity contribution in [3.63, 3.8) is 0 Å². The van der Waals surface area contributed by atoms with Crippen molar-refractivity contribution < 1.29 is 4.79 Å². The summed E-state index contributed by atoms with van der Waals surface area (Å²) in [5.41, 5.74) is 3.93. The van der Waals surface area contributed by atoms with E-state index >= 15 is 0 Å². The highest BCUT2D eigenvalue weighted by Gasteiger charge is 2.24. The molecule has 0 bridgehead atoms. The van der Waals surface area contributed by atoms with Crippen LogP contribution in [0.25, 0.3) is 0 Å². The molecule has 1 aromatic carbocycles. The first-order valence-electron chi connectivity index (χ1n) is 5.32. The normalized spacial score (nSPS) is 20.7. The molecule has 0 aliphatic heterocycles. The average Bonchev–Trinajstić information content (AvgIpc) is 2.17. The summed E-state index contributed by atoms with van der Waals surface area (Å²) >= 11 is 0. The van der Waals surface area contributed by atoms with Crippen molar-refractivity contribution in [3.8, 4) is 0 Å². The minimum atomic E-state index is 0.268. The fraction of sp³-hybridized carbons (Fsp3) is 0.462. The monoisotopic (exact) mass is 188 g/mol. The van der Waals surface area contributed by atoms with Crippen molar-refractivity contribution >= 4 is 5.78 Å². The van der Waals surface area contributed by atoms with Crippen molar-refractivity contribution in [2.75, 3.05) is 0 Å². The van der Waals surface area contributed by atoms with Gasteiger partial charge < -0.3 is 0 Å². The Labute approximate surface area is 85.1 Å². The number of fused-ring (bicyclic) bond motifs is 1. The number of ketones is 1. The summed E-state index contributed by atoms with van der Waals surface area (Å²) in [7, 11) is 0. The van der Waals surface area contributed by atoms with Gasteiger partial charge in [-0.25, -0.2) is 0 Å². The molecule has 14 heavy (non-hydrogen) atoms. The molecule has 0 N–H and O–H groups in total. The number of carbonyl (C=O) groups is 1. The molecule has 0 heterocycles. The number of rotatable bonds is 1. The van der Waals surface area contributed by atoms with Crippen molar-refractivity contribution in [2.24, 2.45) is 5.92 Å². The molecule has 1 heteroatoms. The van der Waals surface area contributed by atoms with E-state index in [4.69, 9.17) is 0 Å². The number of carbonyl (C=O) groups excluding carboxylic acids is 1. The zero-order valence-electron chi connectivity index (χ0n) is 8.84. The maximum absolute atomic E-state index is 11.7. The Morgan fingerprint density at radius 2 is 2.14 bits per heavy atom. The second kappa shape index (κ2) is 3.56. The molecule has 1 aliphatic carbocycles. The first-order chi connectivity index (χ1) is 6.70. The Balaban J connectivity index is 2.36. The smallest absolute Gasteiger partial charge is 0.140 e. The van der Waals surface area contributed by atoms with Gasteiger partial charge in [0.05, 0.1) is 0 Å². The van der Waals surface area contributed by atoms with Gasteiger partial charge in [0.15, 0.2) is 0 Å². The third-order valence-corrected chi connectivity index (χ3v) is 3.14. The van der Waals surface area contributed by atoms with Crippen LogP contribution in [0.15, 0.2) is 18.2 Å². The molecule has 1 atom stereocenters. The summed E-state index contributed by atoms with van der Waals surface area (Å²) in [6.07, 6.45) is 2.58. The first kappa shape index (κ1) is 9.45. The number of Topliss-reactive ketones (excluding diaryl/α,β-unsaturated/α-hetero) is 1. The quantitative estimate of drug-likeness (QED) is 0.662. The molecule has 0 aromatic heterocycles. The zero-order chi connectivity index (χ0) is 10.1. The largest absolute Gasteiger partial charge is 0.299 e. The number of hydrogen-bond acceptors (Lipinski definition) is 1. The predicted molar refractivity (Wildman–Crippen MR) is 57.4 cm³/mol. The minimum absolute atomic E-state index is 0.268. The van der Waals surface area contributed by atoms with E-state index < -0.39 is 0 Å². The standard InChI is InChI=1S/C13H16O/c1-3-10-7-12-6-9(2)4-5-11(12)8-13(10)14/h4-6,10H,3,7-8H2,1-2H3. The lowest BCUT2D eigenvalue weighted by Crippen LogP contribution is -2.24. The lowest BCUT2D eigenvalue weighted by atomic mass is 9.81. The van der Waals surface area contributed by atoms with Crippen LogP contribution in [-0.2, 0) is 17.6 Å². The zero-order valence-corrected chi connectivity index (χ0v) is 8.84. The summed E-state index contributed by atoms with van der Waals surface area (Å²) < 4.78 is 0. The van der Waals surface area contributed by atoms with Gasteiger partial charge in [0.1, 0.15) is 5.78 Å². The van der Waals surface area contributed by atoms with E-state index in [1.54, 1.807) is 0 Å². The molecule has 1 unspecified atom stereocenters. The molecule has 1 nitrogen and oxygen atoms in total. The highest BCUT2D eigenvalue weighted by atomic mass is 16.1. The van der Waals surface area contributed by atoms with Crippen LogP contribution in [0.1, 0.15) is 30.0 Å². The number of aryl methyl sites for hydroxylation is 1. The van der Waals surface area contributed by atoms with E-state index in [2.05, 4.69) is 32.0 Å². The third kappa shape index (κ3) is 1.59. The van der Waals surface area contributed by atoms with Gasteiger partial charge in [-0.15, -0.1) is 0 Å². The molecule has 74 valence electrons. The van der Waals surface area contributed by atoms with E-state index in [0.29, 0.717) is 12.2 Å². The summed E-state index contributed by atoms with van der Waals surface area (Å²) in [5.74, 6) is 0.688. The van der Waals surface area contributed by atoms with Crippen LogP contribution in [0.5, 0.6) is 0 Å². The third-order valence-electron chi connectivity index (χ3n) is 3.14. The SMILES string of the molecule is CCC1Cc2cc(C)ccc2CC1=O. The van der Waals surface area contributed by atoms with Gasteiger partial charge in [0.25, 0.3) is 0 Å². The summed E-state index contributed by atoms with van der Waals surface area (Å²) in [6.45, 7) is 4.21. The van der Waals surface area contributed by atoms with Gasteiger partial charge >= 0.3 is 0 Å². The van der Waals surface area contributed by atoms with E-state index in [1.807, 2.05) is 0 Å². The lowest BCUT2D eigenvalue weighted by molar-refractivity contribution is -0.122. The average molecular weight is 188 g/mol. The Hall–Kier alpha value is -1.11. The van der Waals surface area contributed by atoms with E-state index in [-0.39, 0.29) is 5.92 Å². The Morgan fingerprint density at radius 1 is 1.36 bits per heavy atom. The van der Waals surface area contributed by atoms with Crippen LogP contribution in [-0.4, -0.2) is 5.78 Å². The van der Waals surface area contributed by atoms with Crippen molar-refractivity contribution in [1.82, 2.24) is 0 Å². The van der Waals surface area contributed by atoms with E-state index in [0.717, 1.165) is 12.8 Å².